The predicted octanol–water partition coefficient (Wildman–Crippen LogP) is 6.28. The summed E-state index contributed by atoms with van der Waals surface area (Å²) in [4.78, 5) is 28.2. The van der Waals surface area contributed by atoms with E-state index in [9.17, 15) is 14.7 Å². The predicted molar refractivity (Wildman–Crippen MR) is 140 cm³/mol. The van der Waals surface area contributed by atoms with Crippen molar-refractivity contribution in [1.82, 2.24) is 9.47 Å². The number of aromatic carboxylic acids is 1. The number of likely N-dealkylation sites (N-methyl/N-ethyl adjacent to an activating group) is 1. The molecule has 2 heterocycles. The lowest BCUT2D eigenvalue weighted by molar-refractivity contribution is -0.129. The Hall–Kier alpha value is -3.64. The minimum Gasteiger partial charge on any atom is -0.478 e. The number of carbonyl (C=O) groups is 2. The fourth-order valence-corrected chi connectivity index (χ4v) is 5.08. The number of thiophene rings is 1. The number of benzene rings is 2. The van der Waals surface area contributed by atoms with E-state index in [-0.39, 0.29) is 18.0 Å². The largest absolute Gasteiger partial charge is 0.478 e. The number of carbonyl (C=O) groups excluding carboxylic acids is 1. The van der Waals surface area contributed by atoms with Crippen molar-refractivity contribution in [2.45, 2.75) is 26.3 Å². The smallest absolute Gasteiger partial charge is 0.335 e. The first kappa shape index (κ1) is 23.5. The second-order valence-electron chi connectivity index (χ2n) is 8.43. The number of rotatable bonds is 8. The van der Waals surface area contributed by atoms with E-state index in [0.717, 1.165) is 50.3 Å². The van der Waals surface area contributed by atoms with Crippen LogP contribution in [0.3, 0.4) is 0 Å². The Morgan fingerprint density at radius 1 is 1.03 bits per heavy atom. The van der Waals surface area contributed by atoms with Gasteiger partial charge in [-0.2, -0.15) is 0 Å². The molecule has 4 aromatic rings. The molecule has 1 amide bonds. The van der Waals surface area contributed by atoms with Gasteiger partial charge >= 0.3 is 5.97 Å². The summed E-state index contributed by atoms with van der Waals surface area (Å²) in [6.45, 7) is 2.28. The van der Waals surface area contributed by atoms with Crippen LogP contribution in [0.25, 0.3) is 33.6 Å². The molecule has 1 N–H and O–H groups in total. The molecule has 0 atom stereocenters. The first-order valence-corrected chi connectivity index (χ1v) is 12.1. The first-order chi connectivity index (χ1) is 16.4. The molecule has 174 valence electrons. The zero-order valence-corrected chi connectivity index (χ0v) is 20.4. The summed E-state index contributed by atoms with van der Waals surface area (Å²) < 4.78 is 1.99. The molecule has 6 heteroatoms. The van der Waals surface area contributed by atoms with Crippen molar-refractivity contribution in [2.75, 3.05) is 14.1 Å². The molecule has 4 rings (SSSR count). The van der Waals surface area contributed by atoms with Crippen LogP contribution in [-0.2, 0) is 17.8 Å². The maximum atomic E-state index is 12.8. The van der Waals surface area contributed by atoms with Gasteiger partial charge in [-0.1, -0.05) is 55.8 Å². The van der Waals surface area contributed by atoms with Crippen LogP contribution in [0.1, 0.15) is 39.7 Å². The third-order valence-corrected chi connectivity index (χ3v) is 6.87. The van der Waals surface area contributed by atoms with Crippen LogP contribution in [0.2, 0.25) is 0 Å². The van der Waals surface area contributed by atoms with E-state index >= 15 is 0 Å². The second-order valence-corrected chi connectivity index (χ2v) is 9.55. The van der Waals surface area contributed by atoms with Crippen LogP contribution < -0.4 is 0 Å². The van der Waals surface area contributed by atoms with Gasteiger partial charge in [-0.3, -0.25) is 4.79 Å². The number of carboxylic acid groups (broad SMARTS) is 1. The van der Waals surface area contributed by atoms with Crippen molar-refractivity contribution >= 4 is 46.3 Å². The first-order valence-electron chi connectivity index (χ1n) is 11.3. The Morgan fingerprint density at radius 3 is 2.47 bits per heavy atom. The van der Waals surface area contributed by atoms with Gasteiger partial charge in [0.15, 0.2) is 0 Å². The van der Waals surface area contributed by atoms with Gasteiger partial charge in [0.05, 0.1) is 21.7 Å². The zero-order valence-electron chi connectivity index (χ0n) is 19.6. The Labute approximate surface area is 203 Å². The fraction of sp³-hybridized carbons (Fsp3) is 0.214. The molecule has 0 aliphatic carbocycles. The van der Waals surface area contributed by atoms with Crippen LogP contribution in [0.5, 0.6) is 0 Å². The normalized spacial score (nSPS) is 11.4. The molecule has 0 aliphatic heterocycles. The van der Waals surface area contributed by atoms with Gasteiger partial charge in [0.2, 0.25) is 5.91 Å². The molecule has 0 spiro atoms. The minimum atomic E-state index is -0.975. The molecule has 0 aliphatic rings. The Morgan fingerprint density at radius 2 is 1.79 bits per heavy atom. The highest BCUT2D eigenvalue weighted by atomic mass is 32.1. The molecule has 0 unspecified atom stereocenters. The molecular formula is C28H28N2O3S. The maximum absolute atomic E-state index is 12.8. The average Bonchev–Trinajstić information content (AvgIpc) is 3.41. The quantitative estimate of drug-likeness (QED) is 0.328. The third kappa shape index (κ3) is 4.82. The average molecular weight is 473 g/mol. The molecule has 5 nitrogen and oxygen atoms in total. The highest BCUT2D eigenvalue weighted by Crippen LogP contribution is 2.39. The Bertz CT molecular complexity index is 1360. The molecule has 0 radical (unpaired) electrons. The van der Waals surface area contributed by atoms with Gasteiger partial charge in [-0.05, 0) is 47.9 Å². The van der Waals surface area contributed by atoms with E-state index < -0.39 is 5.97 Å². The van der Waals surface area contributed by atoms with E-state index in [2.05, 4.69) is 43.3 Å². The van der Waals surface area contributed by atoms with Crippen LogP contribution in [0.4, 0.5) is 0 Å². The van der Waals surface area contributed by atoms with Gasteiger partial charge in [-0.25, -0.2) is 4.79 Å². The molecular weight excluding hydrogens is 444 g/mol. The van der Waals surface area contributed by atoms with Crippen molar-refractivity contribution in [3.63, 3.8) is 0 Å². The summed E-state index contributed by atoms with van der Waals surface area (Å²) in [5.74, 6) is -1.01. The van der Waals surface area contributed by atoms with Crippen molar-refractivity contribution in [2.24, 2.45) is 0 Å². The highest BCUT2D eigenvalue weighted by molar-refractivity contribution is 7.16. The van der Waals surface area contributed by atoms with Gasteiger partial charge in [0.1, 0.15) is 6.54 Å². The lowest BCUT2D eigenvalue weighted by Crippen LogP contribution is -2.26. The summed E-state index contributed by atoms with van der Waals surface area (Å²) in [6.07, 6.45) is 5.98. The number of amides is 1. The molecule has 0 bridgehead atoms. The van der Waals surface area contributed by atoms with Crippen molar-refractivity contribution in [3.8, 4) is 10.6 Å². The number of aryl methyl sites for hydroxylation is 1. The summed E-state index contributed by atoms with van der Waals surface area (Å²) in [5, 5.41) is 10.6. The topological polar surface area (TPSA) is 62.5 Å². The lowest BCUT2D eigenvalue weighted by atomic mass is 10.0. The number of hydrogen-bond acceptors (Lipinski definition) is 3. The van der Waals surface area contributed by atoms with Crippen LogP contribution >= 0.6 is 11.3 Å². The van der Waals surface area contributed by atoms with E-state index in [1.807, 2.05) is 28.8 Å². The van der Waals surface area contributed by atoms with Gasteiger partial charge in [-0.15, -0.1) is 11.3 Å². The van der Waals surface area contributed by atoms with E-state index in [4.69, 9.17) is 0 Å². The monoisotopic (exact) mass is 472 g/mol. The lowest BCUT2D eigenvalue weighted by Gasteiger charge is -2.15. The molecule has 0 fully saturated rings. The number of nitrogens with zero attached hydrogens (tertiary/aromatic N) is 2. The second kappa shape index (κ2) is 10.1. The van der Waals surface area contributed by atoms with Gasteiger partial charge in [0, 0.05) is 24.4 Å². The van der Waals surface area contributed by atoms with Crippen molar-refractivity contribution in [1.29, 1.82) is 0 Å². The molecule has 2 aromatic carbocycles. The number of carboxylic acids is 1. The summed E-state index contributed by atoms with van der Waals surface area (Å²) >= 11 is 1.67. The van der Waals surface area contributed by atoms with E-state index in [1.165, 1.54) is 0 Å². The maximum Gasteiger partial charge on any atom is 0.335 e. The fourth-order valence-electron chi connectivity index (χ4n) is 4.09. The summed E-state index contributed by atoms with van der Waals surface area (Å²) in [5.41, 5.74) is 4.29. The zero-order chi connectivity index (χ0) is 24.2. The van der Waals surface area contributed by atoms with Crippen molar-refractivity contribution in [3.05, 3.63) is 82.2 Å². The minimum absolute atomic E-state index is 0.0392. The summed E-state index contributed by atoms with van der Waals surface area (Å²) in [6, 6.07) is 19.6. The van der Waals surface area contributed by atoms with Gasteiger partial charge < -0.3 is 14.6 Å². The van der Waals surface area contributed by atoms with Crippen LogP contribution in [0.15, 0.2) is 60.7 Å². The number of fused-ring (bicyclic) bond motifs is 1. The highest BCUT2D eigenvalue weighted by Gasteiger charge is 2.22. The van der Waals surface area contributed by atoms with Crippen molar-refractivity contribution < 1.29 is 14.7 Å². The summed E-state index contributed by atoms with van der Waals surface area (Å²) in [7, 11) is 3.47. The molecule has 0 saturated heterocycles. The Balaban J connectivity index is 1.87. The number of hydrogen-bond donors (Lipinski definition) is 1. The van der Waals surface area contributed by atoms with E-state index in [1.54, 1.807) is 42.5 Å². The molecule has 0 saturated carbocycles. The SMILES string of the molecule is CCCc1c(-c2ccc(/C=C/c3ccccc3)s2)n(CC(=O)N(C)C)c2cc(C(=O)O)ccc12. The Kier molecular flexibility index (Phi) is 6.98. The van der Waals surface area contributed by atoms with Gasteiger partial charge in [0.25, 0.3) is 0 Å². The standard InChI is InChI=1S/C28H28N2O3S/c1-4-8-23-22-15-12-20(28(32)33)17-24(22)30(18-26(31)29(2)3)27(23)25-16-14-21(34-25)13-11-19-9-6-5-7-10-19/h5-7,9-17H,4,8,18H2,1-3H3,(H,32,33)/b13-11+. The molecule has 34 heavy (non-hydrogen) atoms. The van der Waals surface area contributed by atoms with Crippen LogP contribution in [-0.4, -0.2) is 40.5 Å². The van der Waals surface area contributed by atoms with Crippen LogP contribution in [0, 0.1) is 0 Å². The van der Waals surface area contributed by atoms with E-state index in [0.29, 0.717) is 0 Å². The molecule has 2 aromatic heterocycles. The third-order valence-electron chi connectivity index (χ3n) is 5.81. The number of aromatic nitrogens is 1.